The Labute approximate surface area is 200 Å². The average Bonchev–Trinajstić information content (AvgIpc) is 3.27. The summed E-state index contributed by atoms with van der Waals surface area (Å²) >= 11 is 1.42. The van der Waals surface area contributed by atoms with Crippen molar-refractivity contribution in [3.63, 3.8) is 0 Å². The maximum absolute atomic E-state index is 12.7. The first-order valence-corrected chi connectivity index (χ1v) is 12.6. The van der Waals surface area contributed by atoms with Crippen LogP contribution < -0.4 is 14.8 Å². The molecular formula is C25H19N3O4S2. The fourth-order valence-corrected chi connectivity index (χ4v) is 5.59. The Bertz CT molecular complexity index is 1610. The number of methoxy groups -OCH3 is 1. The van der Waals surface area contributed by atoms with Crippen molar-refractivity contribution in [1.29, 1.82) is 0 Å². The zero-order valence-corrected chi connectivity index (χ0v) is 19.6. The molecule has 0 atom stereocenters. The predicted molar refractivity (Wildman–Crippen MR) is 135 cm³/mol. The number of ether oxygens (including phenoxy) is 1. The Balaban J connectivity index is 1.31. The molecule has 0 unspecified atom stereocenters. The zero-order chi connectivity index (χ0) is 23.7. The van der Waals surface area contributed by atoms with Crippen LogP contribution >= 0.6 is 11.3 Å². The number of benzene rings is 4. The standard InChI is InChI=1S/C25H19N3O4S2/c1-32-19-11-13-20(14-12-19)34(30,31)28-18-9-6-17(7-10-18)24(29)27-25-26-22-15-8-16-4-2-3-5-21(16)23(22)33-25/h2-15,28H,1H3,(H,26,27,29). The van der Waals surface area contributed by atoms with Gasteiger partial charge >= 0.3 is 0 Å². The summed E-state index contributed by atoms with van der Waals surface area (Å²) in [5.41, 5.74) is 1.55. The fraction of sp³-hybridized carbons (Fsp3) is 0.0400. The van der Waals surface area contributed by atoms with E-state index in [9.17, 15) is 13.2 Å². The van der Waals surface area contributed by atoms with Gasteiger partial charge in [-0.3, -0.25) is 14.8 Å². The highest BCUT2D eigenvalue weighted by Crippen LogP contribution is 2.32. The van der Waals surface area contributed by atoms with Crippen molar-refractivity contribution in [3.8, 4) is 5.75 Å². The Kier molecular flexibility index (Phi) is 5.64. The van der Waals surface area contributed by atoms with E-state index in [0.717, 1.165) is 21.0 Å². The van der Waals surface area contributed by atoms with Gasteiger partial charge in [0.15, 0.2) is 5.13 Å². The summed E-state index contributed by atoms with van der Waals surface area (Å²) in [7, 11) is -2.26. The number of carbonyl (C=O) groups is 1. The molecule has 0 aliphatic carbocycles. The van der Waals surface area contributed by atoms with Crippen molar-refractivity contribution >= 4 is 59.1 Å². The first kappa shape index (κ1) is 21.9. The number of carbonyl (C=O) groups excluding carboxylic acids is 1. The van der Waals surface area contributed by atoms with Gasteiger partial charge in [-0.15, -0.1) is 0 Å². The van der Waals surface area contributed by atoms with Gasteiger partial charge in [-0.1, -0.05) is 41.7 Å². The lowest BCUT2D eigenvalue weighted by molar-refractivity contribution is 0.102. The number of sulfonamides is 1. The second-order valence-corrected chi connectivity index (χ2v) is 10.1. The Morgan fingerprint density at radius 1 is 0.912 bits per heavy atom. The van der Waals surface area contributed by atoms with Crippen molar-refractivity contribution in [2.75, 3.05) is 17.1 Å². The van der Waals surface area contributed by atoms with Crippen LogP contribution in [0.15, 0.2) is 89.8 Å². The maximum atomic E-state index is 12.7. The molecule has 5 aromatic rings. The minimum absolute atomic E-state index is 0.110. The number of amides is 1. The molecule has 0 aliphatic heterocycles. The summed E-state index contributed by atoms with van der Waals surface area (Å²) in [4.78, 5) is 17.4. The summed E-state index contributed by atoms with van der Waals surface area (Å²) in [6, 6.07) is 24.3. The monoisotopic (exact) mass is 489 g/mol. The Morgan fingerprint density at radius 3 is 2.38 bits per heavy atom. The van der Waals surface area contributed by atoms with Crippen LogP contribution in [-0.4, -0.2) is 26.4 Å². The number of nitrogens with zero attached hydrogens (tertiary/aromatic N) is 1. The fourth-order valence-electron chi connectivity index (χ4n) is 3.54. The molecule has 9 heteroatoms. The van der Waals surface area contributed by atoms with E-state index in [4.69, 9.17) is 4.74 Å². The molecule has 0 saturated heterocycles. The van der Waals surface area contributed by atoms with Crippen LogP contribution in [0.3, 0.4) is 0 Å². The minimum atomic E-state index is -3.77. The number of aromatic nitrogens is 1. The van der Waals surface area contributed by atoms with Crippen LogP contribution in [0.1, 0.15) is 10.4 Å². The first-order chi connectivity index (χ1) is 16.4. The van der Waals surface area contributed by atoms with Crippen molar-refractivity contribution < 1.29 is 17.9 Å². The molecule has 0 radical (unpaired) electrons. The van der Waals surface area contributed by atoms with Crippen LogP contribution in [0.4, 0.5) is 10.8 Å². The highest BCUT2D eigenvalue weighted by Gasteiger charge is 2.16. The van der Waals surface area contributed by atoms with E-state index in [1.54, 1.807) is 36.4 Å². The maximum Gasteiger partial charge on any atom is 0.261 e. The average molecular weight is 490 g/mol. The highest BCUT2D eigenvalue weighted by molar-refractivity contribution is 7.92. The van der Waals surface area contributed by atoms with E-state index in [1.165, 1.54) is 30.6 Å². The summed E-state index contributed by atoms with van der Waals surface area (Å²) in [6.07, 6.45) is 0. The summed E-state index contributed by atoms with van der Waals surface area (Å²) in [5, 5.41) is 5.54. The lowest BCUT2D eigenvalue weighted by Gasteiger charge is -2.09. The highest BCUT2D eigenvalue weighted by atomic mass is 32.2. The number of hydrogen-bond acceptors (Lipinski definition) is 6. The number of nitrogens with one attached hydrogen (secondary N) is 2. The van der Waals surface area contributed by atoms with Crippen LogP contribution in [0.2, 0.25) is 0 Å². The number of hydrogen-bond donors (Lipinski definition) is 2. The van der Waals surface area contributed by atoms with Gasteiger partial charge in [0.2, 0.25) is 0 Å². The lowest BCUT2D eigenvalue weighted by atomic mass is 10.1. The first-order valence-electron chi connectivity index (χ1n) is 10.3. The van der Waals surface area contributed by atoms with Gasteiger partial charge in [-0.2, -0.15) is 0 Å². The third-order valence-electron chi connectivity index (χ3n) is 5.27. The molecule has 0 fully saturated rings. The van der Waals surface area contributed by atoms with E-state index in [0.29, 0.717) is 22.1 Å². The zero-order valence-electron chi connectivity index (χ0n) is 18.0. The third-order valence-corrected chi connectivity index (χ3v) is 7.69. The predicted octanol–water partition coefficient (Wildman–Crippen LogP) is 5.51. The van der Waals surface area contributed by atoms with Gasteiger partial charge in [0, 0.05) is 16.6 Å². The van der Waals surface area contributed by atoms with Crippen LogP contribution in [0, 0.1) is 0 Å². The molecule has 7 nitrogen and oxygen atoms in total. The minimum Gasteiger partial charge on any atom is -0.497 e. The second-order valence-electron chi connectivity index (χ2n) is 7.47. The van der Waals surface area contributed by atoms with Crippen molar-refractivity contribution in [2.45, 2.75) is 4.90 Å². The van der Waals surface area contributed by atoms with Crippen LogP contribution in [0.25, 0.3) is 21.0 Å². The molecule has 1 aromatic heterocycles. The number of fused-ring (bicyclic) bond motifs is 3. The van der Waals surface area contributed by atoms with Crippen molar-refractivity contribution in [3.05, 3.63) is 90.5 Å². The van der Waals surface area contributed by atoms with Gasteiger partial charge in [0.1, 0.15) is 5.75 Å². The topological polar surface area (TPSA) is 97.4 Å². The molecule has 170 valence electrons. The van der Waals surface area contributed by atoms with E-state index in [1.807, 2.05) is 36.4 Å². The third kappa shape index (κ3) is 4.30. The van der Waals surface area contributed by atoms with Gasteiger partial charge in [-0.25, -0.2) is 13.4 Å². The molecule has 34 heavy (non-hydrogen) atoms. The lowest BCUT2D eigenvalue weighted by Crippen LogP contribution is -2.14. The van der Waals surface area contributed by atoms with Gasteiger partial charge in [-0.05, 0) is 60.0 Å². The van der Waals surface area contributed by atoms with Gasteiger partial charge in [0.05, 0.1) is 22.2 Å². The molecule has 2 N–H and O–H groups in total. The molecule has 1 heterocycles. The van der Waals surface area contributed by atoms with Crippen LogP contribution in [0.5, 0.6) is 5.75 Å². The van der Waals surface area contributed by atoms with E-state index < -0.39 is 10.0 Å². The second kappa shape index (κ2) is 8.77. The van der Waals surface area contributed by atoms with E-state index in [-0.39, 0.29) is 10.8 Å². The molecule has 4 aromatic carbocycles. The Morgan fingerprint density at radius 2 is 1.65 bits per heavy atom. The molecule has 1 amide bonds. The summed E-state index contributed by atoms with van der Waals surface area (Å²) in [6.45, 7) is 0. The molecular weight excluding hydrogens is 470 g/mol. The molecule has 0 bridgehead atoms. The van der Waals surface area contributed by atoms with E-state index in [2.05, 4.69) is 15.0 Å². The quantitative estimate of drug-likeness (QED) is 0.328. The largest absolute Gasteiger partial charge is 0.497 e. The normalized spacial score (nSPS) is 11.4. The molecule has 0 saturated carbocycles. The van der Waals surface area contributed by atoms with Gasteiger partial charge < -0.3 is 4.74 Å². The van der Waals surface area contributed by atoms with Gasteiger partial charge in [0.25, 0.3) is 15.9 Å². The number of rotatable bonds is 6. The molecule has 0 aliphatic rings. The van der Waals surface area contributed by atoms with Crippen molar-refractivity contribution in [1.82, 2.24) is 4.98 Å². The van der Waals surface area contributed by atoms with E-state index >= 15 is 0 Å². The Hall–Kier alpha value is -3.95. The SMILES string of the molecule is COc1ccc(S(=O)(=O)Nc2ccc(C(=O)Nc3nc4ccc5ccccc5c4s3)cc2)cc1. The molecule has 5 rings (SSSR count). The van der Waals surface area contributed by atoms with Crippen molar-refractivity contribution in [2.24, 2.45) is 0 Å². The smallest absolute Gasteiger partial charge is 0.261 e. The number of anilines is 2. The van der Waals surface area contributed by atoms with Crippen LogP contribution in [-0.2, 0) is 10.0 Å². The number of thiazole rings is 1. The summed E-state index contributed by atoms with van der Waals surface area (Å²) in [5.74, 6) is 0.239. The molecule has 0 spiro atoms. The summed E-state index contributed by atoms with van der Waals surface area (Å²) < 4.78 is 33.8.